The third kappa shape index (κ3) is 6.65. The zero-order valence-corrected chi connectivity index (χ0v) is 16.7. The van der Waals surface area contributed by atoms with Gasteiger partial charge in [0, 0.05) is 12.2 Å². The summed E-state index contributed by atoms with van der Waals surface area (Å²) in [5.41, 5.74) is 2.11. The van der Waals surface area contributed by atoms with Crippen LogP contribution >= 0.6 is 12.4 Å². The van der Waals surface area contributed by atoms with E-state index >= 15 is 0 Å². The Morgan fingerprint density at radius 1 is 1.04 bits per heavy atom. The van der Waals surface area contributed by atoms with Gasteiger partial charge < -0.3 is 10.6 Å². The number of sulfone groups is 1. The summed E-state index contributed by atoms with van der Waals surface area (Å²) < 4.78 is 24.9. The molecule has 1 fully saturated rings. The maximum absolute atomic E-state index is 12.5. The van der Waals surface area contributed by atoms with E-state index in [0.29, 0.717) is 17.8 Å². The van der Waals surface area contributed by atoms with Crippen molar-refractivity contribution in [3.8, 4) is 0 Å². The van der Waals surface area contributed by atoms with E-state index in [1.807, 2.05) is 30.3 Å². The summed E-state index contributed by atoms with van der Waals surface area (Å²) in [7, 11) is -3.28. The van der Waals surface area contributed by atoms with Gasteiger partial charge in [-0.15, -0.1) is 12.4 Å². The monoisotopic (exact) mass is 408 g/mol. The molecule has 5 nitrogen and oxygen atoms in total. The van der Waals surface area contributed by atoms with Crippen molar-refractivity contribution in [2.24, 2.45) is 5.92 Å². The summed E-state index contributed by atoms with van der Waals surface area (Å²) in [5.74, 6) is -0.0786. The molecule has 1 amide bonds. The summed E-state index contributed by atoms with van der Waals surface area (Å²) in [4.78, 5) is 12.3. The molecule has 1 aliphatic heterocycles. The number of anilines is 1. The number of piperidine rings is 1. The number of hydrogen-bond donors (Lipinski definition) is 2. The Morgan fingerprint density at radius 2 is 1.74 bits per heavy atom. The fourth-order valence-corrected chi connectivity index (χ4v) is 4.68. The number of carbonyl (C=O) groups excluding carboxylic acids is 1. The van der Waals surface area contributed by atoms with Crippen LogP contribution in [0.5, 0.6) is 0 Å². The van der Waals surface area contributed by atoms with Crippen molar-refractivity contribution in [1.29, 1.82) is 0 Å². The summed E-state index contributed by atoms with van der Waals surface area (Å²) in [6.45, 7) is 1.65. The minimum atomic E-state index is -3.28. The number of benzene rings is 2. The third-order valence-corrected chi connectivity index (χ3v) is 6.02. The van der Waals surface area contributed by atoms with Crippen molar-refractivity contribution < 1.29 is 13.2 Å². The first-order valence-corrected chi connectivity index (χ1v) is 10.7. The second-order valence-corrected chi connectivity index (χ2v) is 8.82. The van der Waals surface area contributed by atoms with E-state index in [4.69, 9.17) is 0 Å². The van der Waals surface area contributed by atoms with Crippen LogP contribution in [0.3, 0.4) is 0 Å². The summed E-state index contributed by atoms with van der Waals surface area (Å²) in [6, 6.07) is 16.3. The van der Waals surface area contributed by atoms with E-state index < -0.39 is 9.84 Å². The molecule has 0 aliphatic carbocycles. The van der Waals surface area contributed by atoms with E-state index in [1.54, 1.807) is 24.3 Å². The Hall–Kier alpha value is -1.89. The first-order valence-electron chi connectivity index (χ1n) is 8.87. The number of amides is 1. The van der Waals surface area contributed by atoms with Crippen LogP contribution in [0.15, 0.2) is 54.6 Å². The van der Waals surface area contributed by atoms with Crippen LogP contribution in [-0.2, 0) is 26.1 Å². The van der Waals surface area contributed by atoms with Gasteiger partial charge >= 0.3 is 0 Å². The molecule has 3 rings (SSSR count). The molecule has 0 spiro atoms. The SMILES string of the molecule is Cl.O=C(Nc1cccc(CS(=O)(=O)Cc2ccccc2)c1)C1CCCNC1. The van der Waals surface area contributed by atoms with Crippen LogP contribution in [0.4, 0.5) is 5.69 Å². The largest absolute Gasteiger partial charge is 0.326 e. The van der Waals surface area contributed by atoms with Crippen molar-refractivity contribution in [2.75, 3.05) is 18.4 Å². The molecule has 1 atom stereocenters. The van der Waals surface area contributed by atoms with Crippen LogP contribution in [0.2, 0.25) is 0 Å². The molecular formula is C20H25ClN2O3S. The Balaban J connectivity index is 0.00000261. The molecule has 1 heterocycles. The second kappa shape index (κ2) is 9.88. The topological polar surface area (TPSA) is 75.3 Å². The van der Waals surface area contributed by atoms with Gasteiger partial charge in [-0.25, -0.2) is 8.42 Å². The Kier molecular flexibility index (Phi) is 7.83. The van der Waals surface area contributed by atoms with Crippen molar-refractivity contribution in [2.45, 2.75) is 24.3 Å². The molecule has 2 N–H and O–H groups in total. The number of carbonyl (C=O) groups is 1. The molecule has 1 unspecified atom stereocenters. The van der Waals surface area contributed by atoms with Gasteiger partial charge in [0.15, 0.2) is 9.84 Å². The van der Waals surface area contributed by atoms with E-state index in [-0.39, 0.29) is 35.7 Å². The van der Waals surface area contributed by atoms with E-state index in [1.165, 1.54) is 0 Å². The normalized spacial score (nSPS) is 17.0. The van der Waals surface area contributed by atoms with Crippen molar-refractivity contribution in [1.82, 2.24) is 5.32 Å². The number of nitrogens with one attached hydrogen (secondary N) is 2. The quantitative estimate of drug-likeness (QED) is 0.769. The predicted octanol–water partition coefficient (Wildman–Crippen LogP) is 3.16. The van der Waals surface area contributed by atoms with E-state index in [9.17, 15) is 13.2 Å². The smallest absolute Gasteiger partial charge is 0.228 e. The molecule has 0 radical (unpaired) electrons. The number of hydrogen-bond acceptors (Lipinski definition) is 4. The standard InChI is InChI=1S/C20H24N2O3S.ClH/c23-20(18-9-5-11-21-13-18)22-19-10-4-8-17(12-19)15-26(24,25)14-16-6-2-1-3-7-16;/h1-4,6-8,10,12,18,21H,5,9,11,13-15H2,(H,22,23);1H. The first-order chi connectivity index (χ1) is 12.5. The minimum Gasteiger partial charge on any atom is -0.326 e. The van der Waals surface area contributed by atoms with Crippen LogP contribution in [0.25, 0.3) is 0 Å². The molecule has 1 aliphatic rings. The van der Waals surface area contributed by atoms with Gasteiger partial charge in [0.1, 0.15) is 0 Å². The van der Waals surface area contributed by atoms with Gasteiger partial charge in [0.05, 0.1) is 17.4 Å². The maximum Gasteiger partial charge on any atom is 0.228 e. The maximum atomic E-state index is 12.5. The van der Waals surface area contributed by atoms with Crippen LogP contribution in [0.1, 0.15) is 24.0 Å². The highest BCUT2D eigenvalue weighted by molar-refractivity contribution is 7.89. The molecule has 0 saturated carbocycles. The highest BCUT2D eigenvalue weighted by Gasteiger charge is 2.21. The molecule has 1 saturated heterocycles. The van der Waals surface area contributed by atoms with Gasteiger partial charge in [-0.05, 0) is 42.6 Å². The van der Waals surface area contributed by atoms with E-state index in [2.05, 4.69) is 10.6 Å². The lowest BCUT2D eigenvalue weighted by molar-refractivity contribution is -0.120. The molecule has 0 aromatic heterocycles. The summed E-state index contributed by atoms with van der Waals surface area (Å²) in [5, 5.41) is 6.14. The average Bonchev–Trinajstić information content (AvgIpc) is 2.62. The molecule has 2 aromatic rings. The third-order valence-electron chi connectivity index (χ3n) is 4.48. The lowest BCUT2D eigenvalue weighted by Gasteiger charge is -2.22. The Bertz CT molecular complexity index is 851. The lowest BCUT2D eigenvalue weighted by Crippen LogP contribution is -2.37. The van der Waals surface area contributed by atoms with Crippen molar-refractivity contribution in [3.05, 3.63) is 65.7 Å². The van der Waals surface area contributed by atoms with Crippen molar-refractivity contribution >= 4 is 33.8 Å². The molecule has 7 heteroatoms. The molecule has 2 aromatic carbocycles. The highest BCUT2D eigenvalue weighted by atomic mass is 35.5. The fraction of sp³-hybridized carbons (Fsp3) is 0.350. The average molecular weight is 409 g/mol. The molecule has 27 heavy (non-hydrogen) atoms. The molecule has 146 valence electrons. The zero-order valence-electron chi connectivity index (χ0n) is 15.1. The van der Waals surface area contributed by atoms with Gasteiger partial charge in [0.25, 0.3) is 0 Å². The Labute approximate surface area is 166 Å². The summed E-state index contributed by atoms with van der Waals surface area (Å²) >= 11 is 0. The highest BCUT2D eigenvalue weighted by Crippen LogP contribution is 2.18. The minimum absolute atomic E-state index is 0. The van der Waals surface area contributed by atoms with E-state index in [0.717, 1.165) is 24.9 Å². The van der Waals surface area contributed by atoms with Crippen LogP contribution in [0, 0.1) is 5.92 Å². The molecule has 0 bridgehead atoms. The summed E-state index contributed by atoms with van der Waals surface area (Å²) in [6.07, 6.45) is 1.87. The van der Waals surface area contributed by atoms with Crippen LogP contribution in [-0.4, -0.2) is 27.4 Å². The van der Waals surface area contributed by atoms with Gasteiger partial charge in [0.2, 0.25) is 5.91 Å². The van der Waals surface area contributed by atoms with Gasteiger partial charge in [-0.2, -0.15) is 0 Å². The second-order valence-electron chi connectivity index (χ2n) is 6.75. The number of rotatable bonds is 6. The Morgan fingerprint density at radius 3 is 2.44 bits per heavy atom. The number of halogens is 1. The molecular weight excluding hydrogens is 384 g/mol. The van der Waals surface area contributed by atoms with Gasteiger partial charge in [-0.3, -0.25) is 4.79 Å². The zero-order chi connectivity index (χ0) is 18.4. The predicted molar refractivity (Wildman–Crippen MR) is 111 cm³/mol. The lowest BCUT2D eigenvalue weighted by atomic mass is 9.99. The van der Waals surface area contributed by atoms with Crippen LogP contribution < -0.4 is 10.6 Å². The van der Waals surface area contributed by atoms with Crippen molar-refractivity contribution in [3.63, 3.8) is 0 Å². The fourth-order valence-electron chi connectivity index (χ4n) is 3.19. The van der Waals surface area contributed by atoms with Gasteiger partial charge in [-0.1, -0.05) is 42.5 Å². The first kappa shape index (κ1) is 21.4.